The number of amidine groups is 1. The second-order valence-corrected chi connectivity index (χ2v) is 11.1. The zero-order valence-electron chi connectivity index (χ0n) is 16.1. The average molecular weight is 414 g/mol. The molecule has 0 saturated carbocycles. The molecule has 0 radical (unpaired) electrons. The zero-order chi connectivity index (χ0) is 19.7. The Labute approximate surface area is 170 Å². The predicted molar refractivity (Wildman–Crippen MR) is 114 cm³/mol. The lowest BCUT2D eigenvalue weighted by molar-refractivity contribution is 0.0738. The molecule has 1 unspecified atom stereocenters. The molecule has 7 nitrogen and oxygen atoms in total. The summed E-state index contributed by atoms with van der Waals surface area (Å²) >= 11 is 6.45. The minimum Gasteiger partial charge on any atom is -0.379 e. The first-order valence-electron chi connectivity index (χ1n) is 9.34. The number of morpholine rings is 1. The monoisotopic (exact) mass is 414 g/mol. The van der Waals surface area contributed by atoms with Gasteiger partial charge in [0.2, 0.25) is 0 Å². The van der Waals surface area contributed by atoms with Gasteiger partial charge >= 0.3 is 0 Å². The molecule has 0 aliphatic carbocycles. The summed E-state index contributed by atoms with van der Waals surface area (Å²) in [4.78, 5) is 5.00. The van der Waals surface area contributed by atoms with Crippen molar-refractivity contribution in [2.75, 3.05) is 33.4 Å². The van der Waals surface area contributed by atoms with Crippen molar-refractivity contribution in [3.8, 4) is 6.07 Å². The second kappa shape index (κ2) is 7.76. The van der Waals surface area contributed by atoms with Crippen LogP contribution in [0.3, 0.4) is 0 Å². The molecule has 2 aliphatic rings. The molecule has 1 saturated heterocycles. The molecule has 0 spiro atoms. The molecule has 4 rings (SSSR count). The van der Waals surface area contributed by atoms with Crippen LogP contribution in [0.2, 0.25) is 0 Å². The number of nitriles is 1. The number of aryl methyl sites for hydroxylation is 2. The minimum atomic E-state index is -2.32. The fraction of sp³-hybridized carbons (Fsp3) is 0.421. The standard InChI is InChI=1S/C19H23N6OPS/c1-15-17-19(25(22-15)10-6-9-20)21-18(16-7-4-3-5-8-16)23(2)27(17,28)24-11-13-26-14-12-24/h3-5,7-8H,6,10-14H2,1-2H3. The summed E-state index contributed by atoms with van der Waals surface area (Å²) in [6.45, 7) is 5.47. The number of hydrogen-bond donors (Lipinski definition) is 0. The molecular weight excluding hydrogens is 391 g/mol. The first-order chi connectivity index (χ1) is 13.6. The fourth-order valence-electron chi connectivity index (χ4n) is 3.77. The topological polar surface area (TPSA) is 69.7 Å². The van der Waals surface area contributed by atoms with Crippen LogP contribution >= 0.6 is 6.34 Å². The number of ether oxygens (including phenoxy) is 1. The normalized spacial score (nSPS) is 22.5. The van der Waals surface area contributed by atoms with E-state index < -0.39 is 6.34 Å². The zero-order valence-corrected chi connectivity index (χ0v) is 17.8. The number of fused-ring (bicyclic) bond motifs is 1. The molecule has 3 heterocycles. The highest BCUT2D eigenvalue weighted by atomic mass is 32.4. The van der Waals surface area contributed by atoms with Gasteiger partial charge in [0.05, 0.1) is 43.2 Å². The number of aromatic nitrogens is 2. The van der Waals surface area contributed by atoms with Gasteiger partial charge in [0, 0.05) is 25.7 Å². The molecule has 2 aliphatic heterocycles. The van der Waals surface area contributed by atoms with E-state index in [-0.39, 0.29) is 0 Å². The number of nitrogens with zero attached hydrogens (tertiary/aromatic N) is 6. The highest BCUT2D eigenvalue weighted by molar-refractivity contribution is 8.16. The SMILES string of the molecule is Cc1nn(CCC#N)c2c1P(=S)(N1CCOCC1)N(C)C(c1ccccc1)=N2. The highest BCUT2D eigenvalue weighted by Crippen LogP contribution is 2.57. The third-order valence-electron chi connectivity index (χ3n) is 5.12. The van der Waals surface area contributed by atoms with Crippen molar-refractivity contribution in [3.05, 3.63) is 41.6 Å². The summed E-state index contributed by atoms with van der Waals surface area (Å²) < 4.78 is 12.0. The second-order valence-electron chi connectivity index (χ2n) is 6.82. The molecule has 1 fully saturated rings. The predicted octanol–water partition coefficient (Wildman–Crippen LogP) is 2.40. The van der Waals surface area contributed by atoms with Gasteiger partial charge in [0.1, 0.15) is 12.2 Å². The lowest BCUT2D eigenvalue weighted by Gasteiger charge is -2.45. The maximum atomic E-state index is 9.05. The van der Waals surface area contributed by atoms with Crippen molar-refractivity contribution in [3.63, 3.8) is 0 Å². The van der Waals surface area contributed by atoms with Crippen LogP contribution in [-0.4, -0.2) is 58.3 Å². The van der Waals surface area contributed by atoms with Crippen LogP contribution in [0, 0.1) is 18.3 Å². The Morgan fingerprint density at radius 3 is 2.64 bits per heavy atom. The number of hydrogen-bond acceptors (Lipinski definition) is 5. The van der Waals surface area contributed by atoms with E-state index in [4.69, 9.17) is 31.9 Å². The van der Waals surface area contributed by atoms with Crippen molar-refractivity contribution >= 4 is 35.1 Å². The molecular formula is C19H23N6OPS. The number of benzene rings is 1. The Hall–Kier alpha value is -2.04. The first kappa shape index (κ1) is 19.3. The number of rotatable bonds is 4. The van der Waals surface area contributed by atoms with E-state index in [0.29, 0.717) is 26.2 Å². The molecule has 0 bridgehead atoms. The van der Waals surface area contributed by atoms with Crippen LogP contribution < -0.4 is 5.30 Å². The van der Waals surface area contributed by atoms with E-state index in [1.54, 1.807) is 0 Å². The Kier molecular flexibility index (Phi) is 5.35. The Morgan fingerprint density at radius 1 is 1.25 bits per heavy atom. The number of aliphatic imine (C=N–C) groups is 1. The Bertz CT molecular complexity index is 990. The van der Waals surface area contributed by atoms with Crippen LogP contribution in [0.4, 0.5) is 5.82 Å². The molecule has 28 heavy (non-hydrogen) atoms. The summed E-state index contributed by atoms with van der Waals surface area (Å²) in [7, 11) is 2.05. The van der Waals surface area contributed by atoms with Gasteiger partial charge in [-0.1, -0.05) is 42.1 Å². The Balaban J connectivity index is 1.92. The molecule has 2 aromatic rings. The van der Waals surface area contributed by atoms with Crippen LogP contribution in [0.5, 0.6) is 0 Å². The van der Waals surface area contributed by atoms with Crippen molar-refractivity contribution in [2.24, 2.45) is 4.99 Å². The highest BCUT2D eigenvalue weighted by Gasteiger charge is 2.43. The summed E-state index contributed by atoms with van der Waals surface area (Å²) in [6, 6.07) is 12.3. The summed E-state index contributed by atoms with van der Waals surface area (Å²) in [5, 5.41) is 14.8. The molecule has 1 aromatic carbocycles. The largest absolute Gasteiger partial charge is 0.379 e. The van der Waals surface area contributed by atoms with Gasteiger partial charge in [0.25, 0.3) is 0 Å². The van der Waals surface area contributed by atoms with E-state index in [2.05, 4.69) is 34.6 Å². The minimum absolute atomic E-state index is 0.389. The van der Waals surface area contributed by atoms with Gasteiger partial charge < -0.3 is 9.41 Å². The van der Waals surface area contributed by atoms with Gasteiger partial charge in [-0.3, -0.25) is 4.67 Å². The molecule has 0 N–H and O–H groups in total. The smallest absolute Gasteiger partial charge is 0.164 e. The average Bonchev–Trinajstić information content (AvgIpc) is 3.06. The first-order valence-corrected chi connectivity index (χ1v) is 12.0. The van der Waals surface area contributed by atoms with E-state index in [1.807, 2.05) is 29.8 Å². The lowest BCUT2D eigenvalue weighted by atomic mass is 10.2. The molecule has 9 heteroatoms. The molecule has 0 amide bonds. The van der Waals surface area contributed by atoms with Crippen LogP contribution in [-0.2, 0) is 23.1 Å². The maximum Gasteiger partial charge on any atom is 0.164 e. The Morgan fingerprint density at radius 2 is 1.96 bits per heavy atom. The third kappa shape index (κ3) is 3.09. The quantitative estimate of drug-likeness (QED) is 0.716. The van der Waals surface area contributed by atoms with Gasteiger partial charge in [-0.2, -0.15) is 10.4 Å². The van der Waals surface area contributed by atoms with E-state index in [0.717, 1.165) is 41.3 Å². The van der Waals surface area contributed by atoms with E-state index >= 15 is 0 Å². The van der Waals surface area contributed by atoms with E-state index in [9.17, 15) is 0 Å². The summed E-state index contributed by atoms with van der Waals surface area (Å²) in [5.74, 6) is 1.67. The molecule has 1 atom stereocenters. The van der Waals surface area contributed by atoms with E-state index in [1.165, 1.54) is 0 Å². The summed E-state index contributed by atoms with van der Waals surface area (Å²) in [6.07, 6.45) is -1.93. The maximum absolute atomic E-state index is 9.05. The molecule has 1 aromatic heterocycles. The van der Waals surface area contributed by atoms with Crippen molar-refractivity contribution < 1.29 is 4.74 Å². The summed E-state index contributed by atoms with van der Waals surface area (Å²) in [5.41, 5.74) is 1.94. The van der Waals surface area contributed by atoms with Gasteiger partial charge in [-0.25, -0.2) is 9.67 Å². The van der Waals surface area contributed by atoms with Gasteiger partial charge in [0.15, 0.2) is 5.82 Å². The van der Waals surface area contributed by atoms with Crippen LogP contribution in [0.15, 0.2) is 35.3 Å². The van der Waals surface area contributed by atoms with Gasteiger partial charge in [-0.05, 0) is 6.92 Å². The fourth-order valence-corrected chi connectivity index (χ4v) is 8.11. The molecule has 146 valence electrons. The van der Waals surface area contributed by atoms with Crippen LogP contribution in [0.1, 0.15) is 17.7 Å². The van der Waals surface area contributed by atoms with Crippen molar-refractivity contribution in [2.45, 2.75) is 19.9 Å². The third-order valence-corrected chi connectivity index (χ3v) is 10.4. The van der Waals surface area contributed by atoms with Crippen LogP contribution in [0.25, 0.3) is 0 Å². The van der Waals surface area contributed by atoms with Crippen molar-refractivity contribution in [1.82, 2.24) is 19.1 Å². The van der Waals surface area contributed by atoms with Gasteiger partial charge in [-0.15, -0.1) is 0 Å². The lowest BCUT2D eigenvalue weighted by Crippen LogP contribution is -2.45. The van der Waals surface area contributed by atoms with Crippen molar-refractivity contribution in [1.29, 1.82) is 5.26 Å².